The maximum Gasteiger partial charge on any atom is 0.123 e. The first-order chi connectivity index (χ1) is 8.65. The average molecular weight is 248 g/mol. The van der Waals surface area contributed by atoms with E-state index in [1.54, 1.807) is 12.1 Å². The molecule has 2 aliphatic rings. The fourth-order valence-corrected chi connectivity index (χ4v) is 3.35. The minimum absolute atomic E-state index is 0.113. The lowest BCUT2D eigenvalue weighted by Crippen LogP contribution is -2.48. The predicted octanol–water partition coefficient (Wildman–Crippen LogP) is 2.48. The number of nitrogens with two attached hydrogens (primary N) is 1. The molecule has 1 saturated heterocycles. The van der Waals surface area contributed by atoms with Crippen molar-refractivity contribution in [3.05, 3.63) is 35.1 Å². The van der Waals surface area contributed by atoms with Gasteiger partial charge in [0.2, 0.25) is 0 Å². The van der Waals surface area contributed by atoms with Crippen molar-refractivity contribution in [1.82, 2.24) is 4.90 Å². The van der Waals surface area contributed by atoms with E-state index in [4.69, 9.17) is 5.73 Å². The van der Waals surface area contributed by atoms with E-state index in [0.717, 1.165) is 25.9 Å². The zero-order valence-electron chi connectivity index (χ0n) is 10.9. The van der Waals surface area contributed by atoms with Crippen molar-refractivity contribution in [2.45, 2.75) is 38.3 Å². The predicted molar refractivity (Wildman–Crippen MR) is 70.8 cm³/mol. The minimum Gasteiger partial charge on any atom is -0.326 e. The van der Waals surface area contributed by atoms with Crippen LogP contribution in [-0.2, 0) is 6.42 Å². The van der Waals surface area contributed by atoms with Gasteiger partial charge in [-0.2, -0.15) is 0 Å². The molecule has 3 heteroatoms. The highest BCUT2D eigenvalue weighted by Gasteiger charge is 2.32. The number of halogens is 1. The second-order valence-corrected chi connectivity index (χ2v) is 5.82. The third-order valence-electron chi connectivity index (χ3n) is 4.64. The van der Waals surface area contributed by atoms with E-state index in [9.17, 15) is 4.39 Å². The smallest absolute Gasteiger partial charge is 0.123 e. The number of nitrogens with zero attached hydrogens (tertiary/aromatic N) is 1. The molecule has 0 amide bonds. The van der Waals surface area contributed by atoms with Crippen LogP contribution in [0, 0.1) is 11.7 Å². The number of hydrogen-bond donors (Lipinski definition) is 1. The Morgan fingerprint density at radius 3 is 2.94 bits per heavy atom. The van der Waals surface area contributed by atoms with Crippen LogP contribution in [0.15, 0.2) is 18.2 Å². The minimum atomic E-state index is -0.113. The zero-order valence-corrected chi connectivity index (χ0v) is 10.9. The van der Waals surface area contributed by atoms with Crippen LogP contribution in [-0.4, -0.2) is 24.0 Å². The molecule has 2 nitrogen and oxygen atoms in total. The Morgan fingerprint density at radius 1 is 1.33 bits per heavy atom. The van der Waals surface area contributed by atoms with Crippen molar-refractivity contribution in [3.8, 4) is 0 Å². The molecular formula is C15H21FN2. The number of aryl methyl sites for hydroxylation is 1. The lowest BCUT2D eigenvalue weighted by Gasteiger charge is -2.39. The van der Waals surface area contributed by atoms with Crippen LogP contribution in [0.25, 0.3) is 0 Å². The Kier molecular flexibility index (Phi) is 3.12. The highest BCUT2D eigenvalue weighted by Crippen LogP contribution is 2.37. The quantitative estimate of drug-likeness (QED) is 0.827. The normalized spacial score (nSPS) is 32.5. The van der Waals surface area contributed by atoms with Crippen LogP contribution in [0.3, 0.4) is 0 Å². The molecule has 0 saturated carbocycles. The van der Waals surface area contributed by atoms with Gasteiger partial charge in [-0.05, 0) is 55.0 Å². The Bertz CT molecular complexity index is 446. The molecule has 0 radical (unpaired) electrons. The molecule has 18 heavy (non-hydrogen) atoms. The van der Waals surface area contributed by atoms with Gasteiger partial charge in [-0.1, -0.05) is 13.0 Å². The Hall–Kier alpha value is -0.930. The summed E-state index contributed by atoms with van der Waals surface area (Å²) in [6.07, 6.45) is 3.28. The summed E-state index contributed by atoms with van der Waals surface area (Å²) in [6.45, 7) is 4.33. The topological polar surface area (TPSA) is 29.3 Å². The van der Waals surface area contributed by atoms with Crippen molar-refractivity contribution in [3.63, 3.8) is 0 Å². The third-order valence-corrected chi connectivity index (χ3v) is 4.64. The Morgan fingerprint density at radius 2 is 2.17 bits per heavy atom. The zero-order chi connectivity index (χ0) is 12.7. The summed E-state index contributed by atoms with van der Waals surface area (Å²) in [4.78, 5) is 2.49. The van der Waals surface area contributed by atoms with E-state index in [1.165, 1.54) is 17.5 Å². The molecule has 1 aromatic rings. The lowest BCUT2D eigenvalue weighted by atomic mass is 9.92. The molecule has 0 aromatic heterocycles. The van der Waals surface area contributed by atoms with Crippen LogP contribution < -0.4 is 5.73 Å². The Labute approximate surface area is 108 Å². The van der Waals surface area contributed by atoms with Crippen molar-refractivity contribution in [2.24, 2.45) is 11.7 Å². The van der Waals surface area contributed by atoms with Gasteiger partial charge < -0.3 is 5.73 Å². The number of rotatable bonds is 1. The van der Waals surface area contributed by atoms with Gasteiger partial charge >= 0.3 is 0 Å². The number of benzene rings is 1. The SMILES string of the molecule is CC1CCN(C2CCc3cc(F)ccc32)CC1N. The van der Waals surface area contributed by atoms with Crippen molar-refractivity contribution in [1.29, 1.82) is 0 Å². The van der Waals surface area contributed by atoms with E-state index in [-0.39, 0.29) is 11.9 Å². The van der Waals surface area contributed by atoms with E-state index < -0.39 is 0 Å². The van der Waals surface area contributed by atoms with Crippen LogP contribution in [0.2, 0.25) is 0 Å². The summed E-state index contributed by atoms with van der Waals surface area (Å²) in [5.74, 6) is 0.508. The van der Waals surface area contributed by atoms with E-state index in [1.807, 2.05) is 6.07 Å². The first-order valence-electron chi connectivity index (χ1n) is 6.93. The molecular weight excluding hydrogens is 227 g/mol. The van der Waals surface area contributed by atoms with E-state index >= 15 is 0 Å². The van der Waals surface area contributed by atoms with Gasteiger partial charge in [0, 0.05) is 18.6 Å². The number of fused-ring (bicyclic) bond motifs is 1. The van der Waals surface area contributed by atoms with Gasteiger partial charge in [-0.25, -0.2) is 4.39 Å². The molecule has 1 aliphatic carbocycles. The van der Waals surface area contributed by atoms with Crippen molar-refractivity contribution < 1.29 is 4.39 Å². The molecule has 1 fully saturated rings. The molecule has 0 bridgehead atoms. The molecule has 3 unspecified atom stereocenters. The monoisotopic (exact) mass is 248 g/mol. The summed E-state index contributed by atoms with van der Waals surface area (Å²) < 4.78 is 13.2. The molecule has 3 rings (SSSR count). The van der Waals surface area contributed by atoms with Crippen molar-refractivity contribution in [2.75, 3.05) is 13.1 Å². The highest BCUT2D eigenvalue weighted by atomic mass is 19.1. The fraction of sp³-hybridized carbons (Fsp3) is 0.600. The maximum absolute atomic E-state index is 13.2. The summed E-state index contributed by atoms with van der Waals surface area (Å²) >= 11 is 0. The first-order valence-corrected chi connectivity index (χ1v) is 6.93. The van der Waals surface area contributed by atoms with Gasteiger partial charge in [-0.15, -0.1) is 0 Å². The number of hydrogen-bond acceptors (Lipinski definition) is 2. The summed E-state index contributed by atoms with van der Waals surface area (Å²) in [5.41, 5.74) is 8.68. The Balaban J connectivity index is 1.80. The molecule has 1 aromatic carbocycles. The molecule has 2 N–H and O–H groups in total. The lowest BCUT2D eigenvalue weighted by molar-refractivity contribution is 0.120. The largest absolute Gasteiger partial charge is 0.326 e. The molecule has 3 atom stereocenters. The highest BCUT2D eigenvalue weighted by molar-refractivity contribution is 5.35. The summed E-state index contributed by atoms with van der Waals surface area (Å²) in [7, 11) is 0. The standard InChI is InChI=1S/C15H21FN2/c1-10-6-7-18(9-14(10)17)15-5-2-11-8-12(16)3-4-13(11)15/h3-4,8,10,14-15H,2,5-7,9,17H2,1H3. The summed E-state index contributed by atoms with van der Waals surface area (Å²) in [6, 6.07) is 5.99. The number of piperidine rings is 1. The second-order valence-electron chi connectivity index (χ2n) is 5.82. The fourth-order valence-electron chi connectivity index (χ4n) is 3.35. The van der Waals surface area contributed by atoms with Crippen LogP contribution in [0.1, 0.15) is 36.9 Å². The molecule has 1 aliphatic heterocycles. The average Bonchev–Trinajstić information content (AvgIpc) is 2.75. The van der Waals surface area contributed by atoms with Gasteiger partial charge in [0.1, 0.15) is 5.82 Å². The van der Waals surface area contributed by atoms with Gasteiger partial charge in [0.05, 0.1) is 0 Å². The van der Waals surface area contributed by atoms with E-state index in [0.29, 0.717) is 12.0 Å². The van der Waals surface area contributed by atoms with Crippen LogP contribution in [0.5, 0.6) is 0 Å². The number of likely N-dealkylation sites (tertiary alicyclic amines) is 1. The van der Waals surface area contributed by atoms with Crippen LogP contribution in [0.4, 0.5) is 4.39 Å². The first kappa shape index (κ1) is 12.1. The summed E-state index contributed by atoms with van der Waals surface area (Å²) in [5, 5.41) is 0. The van der Waals surface area contributed by atoms with E-state index in [2.05, 4.69) is 11.8 Å². The molecule has 98 valence electrons. The van der Waals surface area contributed by atoms with Crippen molar-refractivity contribution >= 4 is 0 Å². The van der Waals surface area contributed by atoms with Crippen LogP contribution >= 0.6 is 0 Å². The molecule has 1 heterocycles. The second kappa shape index (κ2) is 4.63. The van der Waals surface area contributed by atoms with Gasteiger partial charge in [0.25, 0.3) is 0 Å². The van der Waals surface area contributed by atoms with Gasteiger partial charge in [0.15, 0.2) is 0 Å². The van der Waals surface area contributed by atoms with Gasteiger partial charge in [-0.3, -0.25) is 4.90 Å². The maximum atomic E-state index is 13.2. The third kappa shape index (κ3) is 2.06. The molecule has 0 spiro atoms.